The van der Waals surface area contributed by atoms with Gasteiger partial charge in [-0.15, -0.1) is 13.2 Å². The summed E-state index contributed by atoms with van der Waals surface area (Å²) in [5, 5.41) is 0. The molecule has 0 atom stereocenters. The molecule has 0 N–H and O–H groups in total. The molecule has 4 nitrogen and oxygen atoms in total. The van der Waals surface area contributed by atoms with Gasteiger partial charge in [0.1, 0.15) is 0 Å². The SMILES string of the molecule is C=C[Si](CC[Si](C=C)(OC)OC)(OC)OC. The molecular weight excluding hydrogens is 240 g/mol. The molecule has 0 unspecified atom stereocenters. The van der Waals surface area contributed by atoms with Crippen LogP contribution in [0.5, 0.6) is 0 Å². The normalized spacial score (nSPS) is 12.5. The highest BCUT2D eigenvalue weighted by molar-refractivity contribution is 6.77. The van der Waals surface area contributed by atoms with E-state index in [1.807, 2.05) is 0 Å². The lowest BCUT2D eigenvalue weighted by Gasteiger charge is -2.28. The molecule has 16 heavy (non-hydrogen) atoms. The predicted octanol–water partition coefficient (Wildman–Crippen LogP) is 1.91. The summed E-state index contributed by atoms with van der Waals surface area (Å²) >= 11 is 0. The Bertz CT molecular complexity index is 201. The first-order chi connectivity index (χ1) is 7.57. The fourth-order valence-electron chi connectivity index (χ4n) is 1.46. The molecule has 0 bridgehead atoms. The second-order valence-electron chi connectivity index (χ2n) is 3.35. The summed E-state index contributed by atoms with van der Waals surface area (Å²) in [5.74, 6) is 0. The highest BCUT2D eigenvalue weighted by Gasteiger charge is 2.39. The molecule has 0 aromatic rings. The van der Waals surface area contributed by atoms with Crippen molar-refractivity contribution < 1.29 is 17.7 Å². The maximum atomic E-state index is 5.44. The van der Waals surface area contributed by atoms with Crippen LogP contribution < -0.4 is 0 Å². The summed E-state index contributed by atoms with van der Waals surface area (Å²) in [6, 6.07) is 1.51. The van der Waals surface area contributed by atoms with Gasteiger partial charge in [0.2, 0.25) is 0 Å². The van der Waals surface area contributed by atoms with Crippen LogP contribution in [0.15, 0.2) is 24.6 Å². The Morgan fingerprint density at radius 1 is 0.750 bits per heavy atom. The quantitative estimate of drug-likeness (QED) is 0.595. The minimum atomic E-state index is -2.29. The zero-order valence-corrected chi connectivity index (χ0v) is 12.6. The van der Waals surface area contributed by atoms with Crippen LogP contribution in [0.25, 0.3) is 0 Å². The number of hydrogen-bond donors (Lipinski definition) is 0. The fraction of sp³-hybridized carbons (Fsp3) is 0.600. The van der Waals surface area contributed by atoms with Crippen molar-refractivity contribution in [3.63, 3.8) is 0 Å². The second kappa shape index (κ2) is 7.15. The van der Waals surface area contributed by atoms with E-state index in [0.717, 1.165) is 12.1 Å². The van der Waals surface area contributed by atoms with Gasteiger partial charge in [0, 0.05) is 28.4 Å². The molecule has 0 aromatic heterocycles. The van der Waals surface area contributed by atoms with E-state index in [1.165, 1.54) is 0 Å². The van der Waals surface area contributed by atoms with E-state index in [1.54, 1.807) is 39.8 Å². The topological polar surface area (TPSA) is 36.9 Å². The van der Waals surface area contributed by atoms with Crippen LogP contribution in [-0.4, -0.2) is 45.6 Å². The lowest BCUT2D eigenvalue weighted by atomic mass is 10.9. The van der Waals surface area contributed by atoms with Crippen LogP contribution in [0.3, 0.4) is 0 Å². The fourth-order valence-corrected chi connectivity index (χ4v) is 6.47. The Morgan fingerprint density at radius 2 is 1.00 bits per heavy atom. The van der Waals surface area contributed by atoms with Crippen molar-refractivity contribution in [3.05, 3.63) is 24.6 Å². The van der Waals surface area contributed by atoms with Gasteiger partial charge in [-0.3, -0.25) is 0 Å². The summed E-state index contributed by atoms with van der Waals surface area (Å²) in [4.78, 5) is 0. The van der Waals surface area contributed by atoms with Crippen molar-refractivity contribution in [2.75, 3.05) is 28.4 Å². The van der Waals surface area contributed by atoms with Crippen molar-refractivity contribution in [2.45, 2.75) is 12.1 Å². The molecule has 0 aliphatic carbocycles. The molecule has 0 aliphatic heterocycles. The summed E-state index contributed by atoms with van der Waals surface area (Å²) in [6.07, 6.45) is 0. The molecule has 0 rings (SSSR count). The van der Waals surface area contributed by atoms with Gasteiger partial charge < -0.3 is 17.7 Å². The van der Waals surface area contributed by atoms with Gasteiger partial charge in [-0.05, 0) is 23.5 Å². The maximum Gasteiger partial charge on any atom is 0.363 e. The van der Waals surface area contributed by atoms with E-state index in [-0.39, 0.29) is 0 Å². The van der Waals surface area contributed by atoms with Crippen LogP contribution in [0.4, 0.5) is 0 Å². The van der Waals surface area contributed by atoms with Gasteiger partial charge in [0.05, 0.1) is 0 Å². The third-order valence-electron chi connectivity index (χ3n) is 2.83. The summed E-state index contributed by atoms with van der Waals surface area (Å²) in [6.45, 7) is 7.55. The van der Waals surface area contributed by atoms with Gasteiger partial charge in [-0.1, -0.05) is 0 Å². The van der Waals surface area contributed by atoms with Crippen LogP contribution in [0.1, 0.15) is 0 Å². The Labute approximate surface area is 100 Å². The highest BCUT2D eigenvalue weighted by Crippen LogP contribution is 2.23. The van der Waals surface area contributed by atoms with E-state index >= 15 is 0 Å². The lowest BCUT2D eigenvalue weighted by Crippen LogP contribution is -2.44. The average molecular weight is 262 g/mol. The second-order valence-corrected chi connectivity index (χ2v) is 10.0. The van der Waals surface area contributed by atoms with Crippen LogP contribution in [0.2, 0.25) is 12.1 Å². The summed E-state index contributed by atoms with van der Waals surface area (Å²) in [7, 11) is 2.02. The van der Waals surface area contributed by atoms with E-state index in [9.17, 15) is 0 Å². The van der Waals surface area contributed by atoms with Gasteiger partial charge in [0.25, 0.3) is 0 Å². The Morgan fingerprint density at radius 3 is 1.12 bits per heavy atom. The van der Waals surface area contributed by atoms with Crippen molar-refractivity contribution in [1.29, 1.82) is 0 Å². The average Bonchev–Trinajstić information content (AvgIpc) is 2.37. The van der Waals surface area contributed by atoms with Crippen molar-refractivity contribution in [1.82, 2.24) is 0 Å². The Hall–Kier alpha value is -0.246. The molecule has 6 heteroatoms. The third-order valence-corrected chi connectivity index (χ3v) is 9.23. The molecule has 94 valence electrons. The molecule has 0 heterocycles. The lowest BCUT2D eigenvalue weighted by molar-refractivity contribution is 0.243. The minimum absolute atomic E-state index is 0.753. The monoisotopic (exact) mass is 262 g/mol. The molecular formula is C10H22O4Si2. The molecule has 0 spiro atoms. The number of hydrogen-bond acceptors (Lipinski definition) is 4. The van der Waals surface area contributed by atoms with Gasteiger partial charge >= 0.3 is 17.1 Å². The largest absolute Gasteiger partial charge is 0.395 e. The Kier molecular flexibility index (Phi) is 7.04. The van der Waals surface area contributed by atoms with E-state index < -0.39 is 17.1 Å². The molecule has 0 radical (unpaired) electrons. The number of rotatable bonds is 9. The van der Waals surface area contributed by atoms with E-state index in [0.29, 0.717) is 0 Å². The van der Waals surface area contributed by atoms with E-state index in [4.69, 9.17) is 17.7 Å². The predicted molar refractivity (Wildman–Crippen MR) is 69.6 cm³/mol. The molecule has 0 aromatic carbocycles. The maximum absolute atomic E-state index is 5.44. The van der Waals surface area contributed by atoms with Crippen LogP contribution in [-0.2, 0) is 17.7 Å². The highest BCUT2D eigenvalue weighted by atomic mass is 28.4. The third kappa shape index (κ3) is 3.65. The zero-order valence-electron chi connectivity index (χ0n) is 10.6. The molecule has 0 aliphatic rings. The van der Waals surface area contributed by atoms with E-state index in [2.05, 4.69) is 13.2 Å². The first-order valence-electron chi connectivity index (χ1n) is 5.05. The first-order valence-corrected chi connectivity index (χ1v) is 9.25. The van der Waals surface area contributed by atoms with Gasteiger partial charge in [0.15, 0.2) is 0 Å². The molecule has 0 saturated heterocycles. The standard InChI is InChI=1S/C10H22O4Si2/c1-7-15(11-3,12-4)9-10-16(8-2,13-5)14-6/h7-8H,1-2,9-10H2,3-6H3. The van der Waals surface area contributed by atoms with Crippen molar-refractivity contribution in [2.24, 2.45) is 0 Å². The van der Waals surface area contributed by atoms with Crippen LogP contribution in [0, 0.1) is 0 Å². The van der Waals surface area contributed by atoms with Crippen molar-refractivity contribution in [3.8, 4) is 0 Å². The van der Waals surface area contributed by atoms with Crippen LogP contribution >= 0.6 is 0 Å². The molecule has 0 amide bonds. The molecule has 0 fully saturated rings. The minimum Gasteiger partial charge on any atom is -0.395 e. The van der Waals surface area contributed by atoms with Gasteiger partial charge in [-0.25, -0.2) is 0 Å². The Balaban J connectivity index is 4.60. The smallest absolute Gasteiger partial charge is 0.363 e. The van der Waals surface area contributed by atoms with Crippen molar-refractivity contribution >= 4 is 17.1 Å². The summed E-state index contributed by atoms with van der Waals surface area (Å²) < 4.78 is 21.8. The van der Waals surface area contributed by atoms with Gasteiger partial charge in [-0.2, -0.15) is 0 Å². The first kappa shape index (κ1) is 15.8. The summed E-state index contributed by atoms with van der Waals surface area (Å²) in [5.41, 5.74) is 3.56. The molecule has 0 saturated carbocycles. The zero-order chi connectivity index (χ0) is 12.7.